The number of unbranched alkanes of at least 4 members (excludes halogenated alkanes) is 1. The van der Waals surface area contributed by atoms with Crippen molar-refractivity contribution in [2.75, 3.05) is 0 Å². The summed E-state index contributed by atoms with van der Waals surface area (Å²) in [6, 6.07) is 7.95. The zero-order valence-corrected chi connectivity index (χ0v) is 11.0. The summed E-state index contributed by atoms with van der Waals surface area (Å²) in [6.45, 7) is 4.22. The third-order valence-electron chi connectivity index (χ3n) is 3.18. The average molecular weight is 244 g/mol. The Morgan fingerprint density at radius 2 is 2.22 bits per heavy atom. The first-order valence-corrected chi connectivity index (χ1v) is 6.58. The van der Waals surface area contributed by atoms with E-state index in [1.54, 1.807) is 0 Å². The SMILES string of the molecule is CCCCC(C)NC(=O)c1ccc2[nH]ccc2c1. The first kappa shape index (κ1) is 12.7. The number of fused-ring (bicyclic) bond motifs is 1. The van der Waals surface area contributed by atoms with Crippen LogP contribution in [0.25, 0.3) is 10.9 Å². The number of nitrogens with one attached hydrogen (secondary N) is 2. The summed E-state index contributed by atoms with van der Waals surface area (Å²) < 4.78 is 0. The number of amides is 1. The fourth-order valence-corrected chi connectivity index (χ4v) is 2.08. The largest absolute Gasteiger partial charge is 0.361 e. The Balaban J connectivity index is 2.03. The smallest absolute Gasteiger partial charge is 0.251 e. The first-order valence-electron chi connectivity index (χ1n) is 6.58. The van der Waals surface area contributed by atoms with Crippen LogP contribution in [-0.2, 0) is 0 Å². The molecular formula is C15H20N2O. The van der Waals surface area contributed by atoms with Crippen LogP contribution in [0.4, 0.5) is 0 Å². The van der Waals surface area contributed by atoms with Gasteiger partial charge in [0, 0.05) is 28.7 Å². The molecule has 2 rings (SSSR count). The van der Waals surface area contributed by atoms with Gasteiger partial charge in [-0.1, -0.05) is 19.8 Å². The molecule has 1 unspecified atom stereocenters. The molecule has 1 atom stereocenters. The predicted octanol–water partition coefficient (Wildman–Crippen LogP) is 3.48. The Labute approximate surface area is 108 Å². The van der Waals surface area contributed by atoms with E-state index in [4.69, 9.17) is 0 Å². The van der Waals surface area contributed by atoms with E-state index in [9.17, 15) is 4.79 Å². The minimum Gasteiger partial charge on any atom is -0.361 e. The fourth-order valence-electron chi connectivity index (χ4n) is 2.08. The lowest BCUT2D eigenvalue weighted by molar-refractivity contribution is 0.0938. The van der Waals surface area contributed by atoms with Crippen LogP contribution in [0.1, 0.15) is 43.5 Å². The van der Waals surface area contributed by atoms with Crippen molar-refractivity contribution < 1.29 is 4.79 Å². The maximum absolute atomic E-state index is 12.1. The molecule has 3 nitrogen and oxygen atoms in total. The Morgan fingerprint density at radius 3 is 3.00 bits per heavy atom. The summed E-state index contributed by atoms with van der Waals surface area (Å²) in [4.78, 5) is 15.2. The topological polar surface area (TPSA) is 44.9 Å². The van der Waals surface area contributed by atoms with Gasteiger partial charge in [0.25, 0.3) is 5.91 Å². The quantitative estimate of drug-likeness (QED) is 0.831. The second-order valence-electron chi connectivity index (χ2n) is 4.80. The molecule has 2 aromatic rings. The molecule has 1 heterocycles. The van der Waals surface area contributed by atoms with Gasteiger partial charge in [0.05, 0.1) is 0 Å². The van der Waals surface area contributed by atoms with Gasteiger partial charge in [-0.15, -0.1) is 0 Å². The highest BCUT2D eigenvalue weighted by atomic mass is 16.1. The number of hydrogen-bond acceptors (Lipinski definition) is 1. The van der Waals surface area contributed by atoms with Crippen molar-refractivity contribution in [3.8, 4) is 0 Å². The molecule has 18 heavy (non-hydrogen) atoms. The minimum absolute atomic E-state index is 0.0155. The number of benzene rings is 1. The molecule has 1 aromatic heterocycles. The van der Waals surface area contributed by atoms with Crippen molar-refractivity contribution >= 4 is 16.8 Å². The van der Waals surface area contributed by atoms with Gasteiger partial charge in [-0.05, 0) is 37.6 Å². The highest BCUT2D eigenvalue weighted by Gasteiger charge is 2.09. The number of H-pyrrole nitrogens is 1. The van der Waals surface area contributed by atoms with Crippen LogP contribution < -0.4 is 5.32 Å². The van der Waals surface area contributed by atoms with E-state index in [2.05, 4.69) is 24.1 Å². The normalized spacial score (nSPS) is 12.6. The van der Waals surface area contributed by atoms with E-state index >= 15 is 0 Å². The second-order valence-corrected chi connectivity index (χ2v) is 4.80. The average Bonchev–Trinajstić information content (AvgIpc) is 2.83. The summed E-state index contributed by atoms with van der Waals surface area (Å²) in [5.41, 5.74) is 1.79. The van der Waals surface area contributed by atoms with Crippen molar-refractivity contribution in [3.63, 3.8) is 0 Å². The Bertz CT molecular complexity index is 530. The van der Waals surface area contributed by atoms with E-state index in [0.29, 0.717) is 0 Å². The lowest BCUT2D eigenvalue weighted by Crippen LogP contribution is -2.32. The molecule has 2 N–H and O–H groups in total. The number of rotatable bonds is 5. The van der Waals surface area contributed by atoms with Crippen molar-refractivity contribution in [2.24, 2.45) is 0 Å². The number of hydrogen-bond donors (Lipinski definition) is 2. The predicted molar refractivity (Wildman–Crippen MR) is 74.8 cm³/mol. The molecule has 96 valence electrons. The standard InChI is InChI=1S/C15H20N2O/c1-3-4-5-11(2)17-15(18)13-6-7-14-12(10-13)8-9-16-14/h6-11,16H,3-5H2,1-2H3,(H,17,18). The van der Waals surface area contributed by atoms with Crippen LogP contribution in [0, 0.1) is 0 Å². The highest BCUT2D eigenvalue weighted by molar-refractivity contribution is 5.98. The van der Waals surface area contributed by atoms with Gasteiger partial charge in [-0.25, -0.2) is 0 Å². The van der Waals surface area contributed by atoms with Crippen LogP contribution in [0.3, 0.4) is 0 Å². The molecule has 0 radical (unpaired) electrons. The molecule has 0 aliphatic heterocycles. The molecule has 0 saturated heterocycles. The van der Waals surface area contributed by atoms with Crippen molar-refractivity contribution in [3.05, 3.63) is 36.0 Å². The zero-order chi connectivity index (χ0) is 13.0. The molecule has 0 aliphatic carbocycles. The van der Waals surface area contributed by atoms with Gasteiger partial charge in [0.15, 0.2) is 0 Å². The summed E-state index contributed by atoms with van der Waals surface area (Å²) in [6.07, 6.45) is 5.23. The number of aromatic nitrogens is 1. The number of aromatic amines is 1. The molecular weight excluding hydrogens is 224 g/mol. The van der Waals surface area contributed by atoms with E-state index < -0.39 is 0 Å². The van der Waals surface area contributed by atoms with Crippen molar-refractivity contribution in [1.29, 1.82) is 0 Å². The zero-order valence-electron chi connectivity index (χ0n) is 11.0. The number of carbonyl (C=O) groups is 1. The first-order chi connectivity index (χ1) is 8.70. The van der Waals surface area contributed by atoms with Crippen molar-refractivity contribution in [2.45, 2.75) is 39.2 Å². The maximum atomic E-state index is 12.1. The monoisotopic (exact) mass is 244 g/mol. The summed E-state index contributed by atoms with van der Waals surface area (Å²) >= 11 is 0. The second kappa shape index (κ2) is 5.71. The van der Waals surface area contributed by atoms with Gasteiger partial charge in [0.1, 0.15) is 0 Å². The molecule has 0 saturated carbocycles. The third kappa shape index (κ3) is 2.92. The van der Waals surface area contributed by atoms with Gasteiger partial charge in [0.2, 0.25) is 0 Å². The van der Waals surface area contributed by atoms with E-state index in [1.165, 1.54) is 0 Å². The van der Waals surface area contributed by atoms with Gasteiger partial charge in [-0.3, -0.25) is 4.79 Å². The van der Waals surface area contributed by atoms with E-state index in [1.807, 2.05) is 30.5 Å². The third-order valence-corrected chi connectivity index (χ3v) is 3.18. The molecule has 3 heteroatoms. The van der Waals surface area contributed by atoms with Crippen molar-refractivity contribution in [1.82, 2.24) is 10.3 Å². The van der Waals surface area contributed by atoms with Crippen LogP contribution >= 0.6 is 0 Å². The lowest BCUT2D eigenvalue weighted by atomic mass is 10.1. The molecule has 1 aromatic carbocycles. The molecule has 0 bridgehead atoms. The van der Waals surface area contributed by atoms with E-state index in [-0.39, 0.29) is 11.9 Å². The molecule has 0 fully saturated rings. The Morgan fingerprint density at radius 1 is 1.39 bits per heavy atom. The minimum atomic E-state index is 0.0155. The van der Waals surface area contributed by atoms with Crippen LogP contribution in [-0.4, -0.2) is 16.9 Å². The summed E-state index contributed by atoms with van der Waals surface area (Å²) in [5.74, 6) is 0.0155. The fraction of sp³-hybridized carbons (Fsp3) is 0.400. The van der Waals surface area contributed by atoms with E-state index in [0.717, 1.165) is 35.7 Å². The van der Waals surface area contributed by atoms with Gasteiger partial charge < -0.3 is 10.3 Å². The lowest BCUT2D eigenvalue weighted by Gasteiger charge is -2.13. The summed E-state index contributed by atoms with van der Waals surface area (Å²) in [5, 5.41) is 4.11. The Kier molecular flexibility index (Phi) is 4.03. The van der Waals surface area contributed by atoms with Gasteiger partial charge >= 0.3 is 0 Å². The molecule has 0 aliphatic rings. The molecule has 0 spiro atoms. The summed E-state index contributed by atoms with van der Waals surface area (Å²) in [7, 11) is 0. The maximum Gasteiger partial charge on any atom is 0.251 e. The highest BCUT2D eigenvalue weighted by Crippen LogP contribution is 2.14. The van der Waals surface area contributed by atoms with Crippen LogP contribution in [0.15, 0.2) is 30.5 Å². The van der Waals surface area contributed by atoms with Crippen LogP contribution in [0.5, 0.6) is 0 Å². The Hall–Kier alpha value is -1.77. The molecule has 1 amide bonds. The van der Waals surface area contributed by atoms with Crippen LogP contribution in [0.2, 0.25) is 0 Å². The number of carbonyl (C=O) groups excluding carboxylic acids is 1. The van der Waals surface area contributed by atoms with Gasteiger partial charge in [-0.2, -0.15) is 0 Å².